The number of aromatic nitrogens is 1. The fourth-order valence-electron chi connectivity index (χ4n) is 3.48. The molecule has 0 atom stereocenters. The van der Waals surface area contributed by atoms with E-state index >= 15 is 0 Å². The SMILES string of the molecule is Cc1cc(/C=C2\C(=O)NC(=S)N(c3ccc(F)cc3)C2=O)c(C)n1C1CC1. The average molecular weight is 383 g/mol. The molecule has 1 saturated heterocycles. The lowest BCUT2D eigenvalue weighted by molar-refractivity contribution is -0.122. The smallest absolute Gasteiger partial charge is 0.270 e. The second-order valence-electron chi connectivity index (χ2n) is 6.86. The molecule has 0 bridgehead atoms. The lowest BCUT2D eigenvalue weighted by Gasteiger charge is -2.28. The molecule has 1 N–H and O–H groups in total. The van der Waals surface area contributed by atoms with E-state index in [1.807, 2.05) is 19.9 Å². The molecule has 0 radical (unpaired) electrons. The number of hydrogen-bond acceptors (Lipinski definition) is 3. The van der Waals surface area contributed by atoms with E-state index in [9.17, 15) is 14.0 Å². The van der Waals surface area contributed by atoms with E-state index in [-0.39, 0.29) is 10.7 Å². The standard InChI is InChI=1S/C20H18FN3O2S/c1-11-9-13(12(2)23(11)15-7-8-15)10-17-18(25)22-20(27)24(19(17)26)16-5-3-14(21)4-6-16/h3-6,9-10,15H,7-8H2,1-2H3,(H,22,25,27)/b17-10+. The number of halogens is 1. The second kappa shape index (κ2) is 6.42. The summed E-state index contributed by atoms with van der Waals surface area (Å²) in [7, 11) is 0. The van der Waals surface area contributed by atoms with E-state index in [4.69, 9.17) is 12.2 Å². The maximum Gasteiger partial charge on any atom is 0.270 e. The van der Waals surface area contributed by atoms with E-state index in [1.54, 1.807) is 6.08 Å². The Hall–Kier alpha value is -2.80. The fourth-order valence-corrected chi connectivity index (χ4v) is 3.76. The Morgan fingerprint density at radius 3 is 2.48 bits per heavy atom. The van der Waals surface area contributed by atoms with Crippen molar-refractivity contribution in [3.8, 4) is 0 Å². The highest BCUT2D eigenvalue weighted by Gasteiger charge is 2.35. The molecule has 2 aliphatic rings. The van der Waals surface area contributed by atoms with Gasteiger partial charge in [0.2, 0.25) is 0 Å². The molecule has 1 aromatic carbocycles. The summed E-state index contributed by atoms with van der Waals surface area (Å²) in [6.45, 7) is 4.02. The minimum absolute atomic E-state index is 0.00368. The third-order valence-corrected chi connectivity index (χ3v) is 5.21. The highest BCUT2D eigenvalue weighted by molar-refractivity contribution is 7.80. The first-order chi connectivity index (χ1) is 12.9. The van der Waals surface area contributed by atoms with Crippen molar-refractivity contribution in [3.05, 3.63) is 58.7 Å². The summed E-state index contributed by atoms with van der Waals surface area (Å²) < 4.78 is 15.5. The van der Waals surface area contributed by atoms with E-state index in [0.29, 0.717) is 11.7 Å². The van der Waals surface area contributed by atoms with Gasteiger partial charge in [-0.1, -0.05) is 0 Å². The summed E-state index contributed by atoms with van der Waals surface area (Å²) in [6, 6.07) is 7.89. The van der Waals surface area contributed by atoms with Gasteiger partial charge >= 0.3 is 0 Å². The minimum Gasteiger partial charge on any atom is -0.346 e. The van der Waals surface area contributed by atoms with Crippen LogP contribution < -0.4 is 10.2 Å². The molecule has 1 aromatic heterocycles. The van der Waals surface area contributed by atoms with Crippen LogP contribution in [0.3, 0.4) is 0 Å². The van der Waals surface area contributed by atoms with Gasteiger partial charge in [-0.25, -0.2) is 4.39 Å². The highest BCUT2D eigenvalue weighted by atomic mass is 32.1. The lowest BCUT2D eigenvalue weighted by atomic mass is 10.1. The average Bonchev–Trinajstić information content (AvgIpc) is 3.39. The molecule has 7 heteroatoms. The monoisotopic (exact) mass is 383 g/mol. The second-order valence-corrected chi connectivity index (χ2v) is 7.25. The summed E-state index contributed by atoms with van der Waals surface area (Å²) in [5, 5.41) is 2.53. The zero-order valence-electron chi connectivity index (χ0n) is 15.0. The van der Waals surface area contributed by atoms with Crippen LogP contribution >= 0.6 is 12.2 Å². The molecule has 0 spiro atoms. The van der Waals surface area contributed by atoms with Crippen molar-refractivity contribution in [1.82, 2.24) is 9.88 Å². The topological polar surface area (TPSA) is 54.3 Å². The predicted molar refractivity (Wildman–Crippen MR) is 105 cm³/mol. The Morgan fingerprint density at radius 1 is 1.19 bits per heavy atom. The molecule has 2 aromatic rings. The molecule has 2 amide bonds. The summed E-state index contributed by atoms with van der Waals surface area (Å²) >= 11 is 5.15. The highest BCUT2D eigenvalue weighted by Crippen LogP contribution is 2.38. The summed E-state index contributed by atoms with van der Waals surface area (Å²) in [5.74, 6) is -1.47. The Bertz CT molecular complexity index is 1000. The quantitative estimate of drug-likeness (QED) is 0.502. The van der Waals surface area contributed by atoms with Crippen LogP contribution in [0.15, 0.2) is 35.9 Å². The van der Waals surface area contributed by atoms with Crippen LogP contribution in [0, 0.1) is 19.7 Å². The molecule has 27 heavy (non-hydrogen) atoms. The van der Waals surface area contributed by atoms with Gasteiger partial charge in [0.15, 0.2) is 5.11 Å². The summed E-state index contributed by atoms with van der Waals surface area (Å²) in [5.41, 5.74) is 3.38. The molecular formula is C20H18FN3O2S. The Kier molecular flexibility index (Phi) is 4.19. The van der Waals surface area contributed by atoms with E-state index in [0.717, 1.165) is 29.8 Å². The molecule has 1 aliphatic carbocycles. The number of anilines is 1. The van der Waals surface area contributed by atoms with Crippen LogP contribution in [0.2, 0.25) is 0 Å². The van der Waals surface area contributed by atoms with Gasteiger partial charge < -0.3 is 4.57 Å². The van der Waals surface area contributed by atoms with E-state index < -0.39 is 17.6 Å². The molecule has 4 rings (SSSR count). The lowest BCUT2D eigenvalue weighted by Crippen LogP contribution is -2.54. The van der Waals surface area contributed by atoms with Gasteiger partial charge in [0.1, 0.15) is 11.4 Å². The minimum atomic E-state index is -0.528. The number of hydrogen-bond donors (Lipinski definition) is 1. The Morgan fingerprint density at radius 2 is 1.85 bits per heavy atom. The van der Waals surface area contributed by atoms with Crippen LogP contribution in [0.4, 0.5) is 10.1 Å². The molecular weight excluding hydrogens is 365 g/mol. The number of aryl methyl sites for hydroxylation is 1. The third-order valence-electron chi connectivity index (χ3n) is 4.92. The zero-order chi connectivity index (χ0) is 19.3. The van der Waals surface area contributed by atoms with Crippen molar-refractivity contribution in [2.75, 3.05) is 4.90 Å². The molecule has 1 saturated carbocycles. The van der Waals surface area contributed by atoms with Crippen LogP contribution in [0.1, 0.15) is 35.8 Å². The number of benzene rings is 1. The van der Waals surface area contributed by atoms with Gasteiger partial charge in [-0.05, 0) is 80.9 Å². The van der Waals surface area contributed by atoms with Crippen LogP contribution in [-0.4, -0.2) is 21.5 Å². The van der Waals surface area contributed by atoms with E-state index in [1.165, 1.54) is 29.2 Å². The molecule has 5 nitrogen and oxygen atoms in total. The number of amides is 2. The fraction of sp³-hybridized carbons (Fsp3) is 0.250. The number of carbonyl (C=O) groups is 2. The molecule has 2 heterocycles. The van der Waals surface area contributed by atoms with Crippen LogP contribution in [-0.2, 0) is 9.59 Å². The maximum absolute atomic E-state index is 13.2. The molecule has 138 valence electrons. The molecule has 2 fully saturated rings. The van der Waals surface area contributed by atoms with Gasteiger partial charge in [-0.3, -0.25) is 19.8 Å². The van der Waals surface area contributed by atoms with Gasteiger partial charge in [0, 0.05) is 17.4 Å². The number of thiocarbonyl (C=S) groups is 1. The van der Waals surface area contributed by atoms with Crippen molar-refractivity contribution < 1.29 is 14.0 Å². The predicted octanol–water partition coefficient (Wildman–Crippen LogP) is 3.41. The molecule has 1 aliphatic heterocycles. The number of nitrogens with one attached hydrogen (secondary N) is 1. The van der Waals surface area contributed by atoms with Crippen molar-refractivity contribution in [3.63, 3.8) is 0 Å². The maximum atomic E-state index is 13.2. The van der Waals surface area contributed by atoms with Gasteiger partial charge in [0.25, 0.3) is 11.8 Å². The van der Waals surface area contributed by atoms with Crippen LogP contribution in [0.25, 0.3) is 6.08 Å². The van der Waals surface area contributed by atoms with Crippen molar-refractivity contribution in [2.45, 2.75) is 32.7 Å². The molecule has 0 unspecified atom stereocenters. The largest absolute Gasteiger partial charge is 0.346 e. The summed E-state index contributed by atoms with van der Waals surface area (Å²) in [4.78, 5) is 26.6. The van der Waals surface area contributed by atoms with Crippen molar-refractivity contribution >= 4 is 40.9 Å². The number of nitrogens with zero attached hydrogens (tertiary/aromatic N) is 2. The first-order valence-electron chi connectivity index (χ1n) is 8.72. The van der Waals surface area contributed by atoms with Crippen molar-refractivity contribution in [1.29, 1.82) is 0 Å². The van der Waals surface area contributed by atoms with Crippen LogP contribution in [0.5, 0.6) is 0 Å². The first-order valence-corrected chi connectivity index (χ1v) is 9.13. The first kappa shape index (κ1) is 17.6. The van der Waals surface area contributed by atoms with Gasteiger partial charge in [-0.15, -0.1) is 0 Å². The third kappa shape index (κ3) is 3.08. The van der Waals surface area contributed by atoms with Gasteiger partial charge in [0.05, 0.1) is 5.69 Å². The van der Waals surface area contributed by atoms with Gasteiger partial charge in [-0.2, -0.15) is 0 Å². The zero-order valence-corrected chi connectivity index (χ0v) is 15.8. The Labute approximate surface area is 161 Å². The van der Waals surface area contributed by atoms with Crippen molar-refractivity contribution in [2.24, 2.45) is 0 Å². The van der Waals surface area contributed by atoms with E-state index in [2.05, 4.69) is 9.88 Å². The number of carbonyl (C=O) groups excluding carboxylic acids is 2. The Balaban J connectivity index is 1.73. The summed E-state index contributed by atoms with van der Waals surface area (Å²) in [6.07, 6.45) is 3.91. The number of rotatable bonds is 3. The normalized spacial score (nSPS) is 19.0.